The quantitative estimate of drug-likeness (QED) is 0.245. The van der Waals surface area contributed by atoms with Gasteiger partial charge in [-0.05, 0) is 59.7 Å². The Hall–Kier alpha value is -4.38. The van der Waals surface area contributed by atoms with Gasteiger partial charge in [0, 0.05) is 24.6 Å². The van der Waals surface area contributed by atoms with E-state index in [0.717, 1.165) is 17.4 Å². The second kappa shape index (κ2) is 10.5. The molecule has 0 saturated carbocycles. The van der Waals surface area contributed by atoms with E-state index in [1.165, 1.54) is 24.3 Å². The maximum absolute atomic E-state index is 13.8. The van der Waals surface area contributed by atoms with E-state index >= 15 is 0 Å². The summed E-state index contributed by atoms with van der Waals surface area (Å²) in [6, 6.07) is 15.5. The molecule has 0 bridgehead atoms. The number of nitrogens with zero attached hydrogens (tertiary/aromatic N) is 3. The summed E-state index contributed by atoms with van der Waals surface area (Å²) < 4.78 is 43.6. The molecule has 0 aliphatic carbocycles. The van der Waals surface area contributed by atoms with E-state index in [2.05, 4.69) is 13.5 Å². The van der Waals surface area contributed by atoms with Gasteiger partial charge in [0.25, 0.3) is 0 Å². The van der Waals surface area contributed by atoms with Crippen LogP contribution in [0, 0.1) is 0 Å². The largest absolute Gasteiger partial charge is 0.490 e. The van der Waals surface area contributed by atoms with Gasteiger partial charge >= 0.3 is 12.6 Å². The number of carbonyl (C=O) groups excluding carboxylic acids is 1. The van der Waals surface area contributed by atoms with Gasteiger partial charge in [0.2, 0.25) is 0 Å². The van der Waals surface area contributed by atoms with Gasteiger partial charge in [-0.1, -0.05) is 12.1 Å². The van der Waals surface area contributed by atoms with Crippen molar-refractivity contribution in [3.8, 4) is 11.5 Å². The maximum atomic E-state index is 13.8. The lowest BCUT2D eigenvalue weighted by atomic mass is 9.89. The van der Waals surface area contributed by atoms with Gasteiger partial charge in [0.15, 0.2) is 5.78 Å². The standard InChI is InChI=1S/C27H21F2N3O5S/c1-32-10-11-36-23-9-2-15(13-22(23)32)12-19(25(33)16-3-6-18(7-4-16)37-27(28)29)24(26(34)35)17-5-8-20-21(14-17)31-38-30-20/h2-9,13-14,27H,10-12H2,1H3,(H,34,35). The Morgan fingerprint density at radius 1 is 1.05 bits per heavy atom. The number of likely N-dealkylation sites (N-methyl/N-ethyl adjacent to an activating group) is 1. The molecule has 1 aliphatic rings. The fourth-order valence-corrected chi connectivity index (χ4v) is 4.84. The van der Waals surface area contributed by atoms with E-state index in [9.17, 15) is 23.5 Å². The topological polar surface area (TPSA) is 102 Å². The number of rotatable bonds is 8. The first kappa shape index (κ1) is 25.3. The fourth-order valence-electron chi connectivity index (χ4n) is 4.32. The van der Waals surface area contributed by atoms with Crippen LogP contribution in [0.2, 0.25) is 0 Å². The van der Waals surface area contributed by atoms with Crippen LogP contribution in [0.1, 0.15) is 21.5 Å². The third-order valence-electron chi connectivity index (χ3n) is 6.17. The summed E-state index contributed by atoms with van der Waals surface area (Å²) in [4.78, 5) is 28.4. The number of carbonyl (C=O) groups is 2. The molecule has 0 amide bonds. The Bertz CT molecular complexity index is 1550. The SMILES string of the molecule is CN1CCOc2ccc(CC(C(=O)c3ccc(OC(F)F)cc3)=C(C(=O)O)c3ccc4nsnc4c3)cc21. The average molecular weight is 538 g/mol. The van der Waals surface area contributed by atoms with Crippen LogP contribution in [-0.2, 0) is 11.2 Å². The maximum Gasteiger partial charge on any atom is 0.387 e. The molecule has 3 aromatic carbocycles. The molecule has 0 atom stereocenters. The van der Waals surface area contributed by atoms with Crippen LogP contribution >= 0.6 is 11.7 Å². The highest BCUT2D eigenvalue weighted by atomic mass is 32.1. The van der Waals surface area contributed by atoms with E-state index in [0.29, 0.717) is 41.1 Å². The molecule has 2 heterocycles. The predicted molar refractivity (Wildman–Crippen MR) is 138 cm³/mol. The van der Waals surface area contributed by atoms with Gasteiger partial charge in [0.1, 0.15) is 29.1 Å². The van der Waals surface area contributed by atoms with E-state index in [1.807, 2.05) is 18.0 Å². The highest BCUT2D eigenvalue weighted by molar-refractivity contribution is 7.00. The van der Waals surface area contributed by atoms with E-state index in [4.69, 9.17) is 4.74 Å². The van der Waals surface area contributed by atoms with Gasteiger partial charge in [-0.2, -0.15) is 17.5 Å². The number of fused-ring (bicyclic) bond motifs is 2. The van der Waals surface area contributed by atoms with Crippen LogP contribution < -0.4 is 14.4 Å². The minimum absolute atomic E-state index is 0.00419. The minimum atomic E-state index is -3.01. The first-order valence-electron chi connectivity index (χ1n) is 11.6. The van der Waals surface area contributed by atoms with E-state index < -0.39 is 18.4 Å². The molecule has 0 unspecified atom stereocenters. The number of anilines is 1. The Morgan fingerprint density at radius 2 is 1.79 bits per heavy atom. The van der Waals surface area contributed by atoms with Crippen LogP contribution in [0.4, 0.5) is 14.5 Å². The number of hydrogen-bond donors (Lipinski definition) is 1. The molecule has 1 aromatic heterocycles. The van der Waals surface area contributed by atoms with Crippen molar-refractivity contribution in [1.29, 1.82) is 0 Å². The Labute approximate surface area is 220 Å². The van der Waals surface area contributed by atoms with Gasteiger partial charge in [-0.25, -0.2) is 4.79 Å². The smallest absolute Gasteiger partial charge is 0.387 e. The number of benzene rings is 3. The normalized spacial score (nSPS) is 13.6. The number of ether oxygens (including phenoxy) is 2. The Kier molecular flexibility index (Phi) is 7.01. The molecule has 0 spiro atoms. The molecule has 11 heteroatoms. The molecular formula is C27H21F2N3O5S. The lowest BCUT2D eigenvalue weighted by Crippen LogP contribution is -2.28. The molecule has 38 heavy (non-hydrogen) atoms. The molecule has 194 valence electrons. The lowest BCUT2D eigenvalue weighted by molar-refractivity contribution is -0.130. The number of ketones is 1. The average Bonchev–Trinajstić information content (AvgIpc) is 3.36. The van der Waals surface area contributed by atoms with Crippen molar-refractivity contribution < 1.29 is 33.0 Å². The van der Waals surface area contributed by atoms with Crippen LogP contribution in [0.25, 0.3) is 16.6 Å². The highest BCUT2D eigenvalue weighted by Crippen LogP contribution is 2.34. The summed E-state index contributed by atoms with van der Waals surface area (Å²) in [7, 11) is 1.93. The summed E-state index contributed by atoms with van der Waals surface area (Å²) in [5, 5.41) is 10.3. The molecule has 1 N–H and O–H groups in total. The van der Waals surface area contributed by atoms with Crippen LogP contribution in [-0.4, -0.2) is 52.4 Å². The van der Waals surface area contributed by atoms with Crippen molar-refractivity contribution in [2.45, 2.75) is 13.0 Å². The zero-order chi connectivity index (χ0) is 26.8. The summed E-state index contributed by atoms with van der Waals surface area (Å²) in [5.74, 6) is -1.24. The number of aliphatic carboxylic acids is 1. The van der Waals surface area contributed by atoms with E-state index in [-0.39, 0.29) is 28.9 Å². The fraction of sp³-hybridized carbons (Fsp3) is 0.185. The number of aromatic nitrogens is 2. The summed E-state index contributed by atoms with van der Waals surface area (Å²) in [5.41, 5.74) is 2.95. The van der Waals surface area contributed by atoms with Gasteiger partial charge in [-0.15, -0.1) is 0 Å². The Balaban J connectivity index is 1.62. The van der Waals surface area contributed by atoms with Crippen molar-refractivity contribution in [2.75, 3.05) is 25.1 Å². The third-order valence-corrected chi connectivity index (χ3v) is 6.73. The van der Waals surface area contributed by atoms with Gasteiger partial charge in [0.05, 0.1) is 29.5 Å². The number of allylic oxidation sites excluding steroid dienone is 1. The van der Waals surface area contributed by atoms with Crippen LogP contribution in [0.5, 0.6) is 11.5 Å². The molecule has 0 radical (unpaired) electrons. The summed E-state index contributed by atoms with van der Waals surface area (Å²) in [6.07, 6.45) is 0.00419. The Morgan fingerprint density at radius 3 is 2.53 bits per heavy atom. The van der Waals surface area contributed by atoms with Crippen molar-refractivity contribution >= 4 is 45.8 Å². The zero-order valence-electron chi connectivity index (χ0n) is 20.1. The number of carboxylic acids is 1. The first-order chi connectivity index (χ1) is 18.3. The second-order valence-electron chi connectivity index (χ2n) is 8.61. The van der Waals surface area contributed by atoms with Gasteiger partial charge < -0.3 is 19.5 Å². The predicted octanol–water partition coefficient (Wildman–Crippen LogP) is 5.09. The molecule has 5 rings (SSSR count). The molecule has 1 aliphatic heterocycles. The first-order valence-corrected chi connectivity index (χ1v) is 12.3. The van der Waals surface area contributed by atoms with Crippen LogP contribution in [0.15, 0.2) is 66.2 Å². The molecule has 4 aromatic rings. The highest BCUT2D eigenvalue weighted by Gasteiger charge is 2.25. The number of hydrogen-bond acceptors (Lipinski definition) is 8. The minimum Gasteiger partial charge on any atom is -0.490 e. The summed E-state index contributed by atoms with van der Waals surface area (Å²) in [6.45, 7) is -1.77. The van der Waals surface area contributed by atoms with Crippen LogP contribution in [0.3, 0.4) is 0 Å². The second-order valence-corrected chi connectivity index (χ2v) is 9.14. The lowest BCUT2D eigenvalue weighted by Gasteiger charge is -2.28. The van der Waals surface area contributed by atoms with E-state index in [1.54, 1.807) is 30.3 Å². The monoisotopic (exact) mass is 537 g/mol. The third kappa shape index (κ3) is 5.18. The zero-order valence-corrected chi connectivity index (χ0v) is 20.9. The van der Waals surface area contributed by atoms with Crippen molar-refractivity contribution in [1.82, 2.24) is 8.75 Å². The number of halogens is 2. The molecular weight excluding hydrogens is 516 g/mol. The number of carboxylic acid groups (broad SMARTS) is 1. The molecule has 8 nitrogen and oxygen atoms in total. The number of Topliss-reactive ketones (excluding diaryl/α,β-unsaturated/α-hetero) is 1. The number of alkyl halides is 2. The van der Waals surface area contributed by atoms with Crippen molar-refractivity contribution in [2.24, 2.45) is 0 Å². The van der Waals surface area contributed by atoms with Crippen molar-refractivity contribution in [3.63, 3.8) is 0 Å². The molecule has 0 fully saturated rings. The summed E-state index contributed by atoms with van der Waals surface area (Å²) >= 11 is 1.00. The van der Waals surface area contributed by atoms with Gasteiger partial charge in [-0.3, -0.25) is 4.79 Å². The molecule has 0 saturated heterocycles. The van der Waals surface area contributed by atoms with Crippen molar-refractivity contribution in [3.05, 3.63) is 82.9 Å².